The summed E-state index contributed by atoms with van der Waals surface area (Å²) in [6.07, 6.45) is 2.73. The van der Waals surface area contributed by atoms with Crippen molar-refractivity contribution in [3.8, 4) is 0 Å². The monoisotopic (exact) mass is 360 g/mol. The number of carbonyl (C=O) groups is 1. The molecule has 6 heteroatoms. The average Bonchev–Trinajstić information content (AvgIpc) is 2.52. The van der Waals surface area contributed by atoms with Crippen LogP contribution in [0, 0.1) is 10.1 Å². The van der Waals surface area contributed by atoms with Crippen molar-refractivity contribution in [3.05, 3.63) is 80.3 Å². The number of nitro groups is 1. The average molecular weight is 361 g/mol. The van der Waals surface area contributed by atoms with Crippen LogP contribution < -0.4 is 5.32 Å². The van der Waals surface area contributed by atoms with Crippen LogP contribution in [-0.2, 0) is 11.3 Å². The molecule has 0 bridgehead atoms. The molecule has 0 aliphatic carbocycles. The topological polar surface area (TPSA) is 72.2 Å². The maximum atomic E-state index is 11.8. The molecule has 0 unspecified atom stereocenters. The molecule has 0 saturated carbocycles. The molecule has 0 aromatic heterocycles. The van der Waals surface area contributed by atoms with E-state index in [0.29, 0.717) is 12.1 Å². The van der Waals surface area contributed by atoms with E-state index in [2.05, 4.69) is 21.2 Å². The van der Waals surface area contributed by atoms with E-state index in [9.17, 15) is 14.9 Å². The Morgan fingerprint density at radius 3 is 2.55 bits per heavy atom. The van der Waals surface area contributed by atoms with Crippen molar-refractivity contribution in [2.75, 3.05) is 0 Å². The zero-order valence-corrected chi connectivity index (χ0v) is 13.1. The first-order chi connectivity index (χ1) is 10.6. The quantitative estimate of drug-likeness (QED) is 0.502. The minimum absolute atomic E-state index is 0.0283. The summed E-state index contributed by atoms with van der Waals surface area (Å²) in [5.74, 6) is -0.305. The maximum absolute atomic E-state index is 11.8. The normalized spacial score (nSPS) is 10.6. The van der Waals surface area contributed by atoms with Crippen LogP contribution in [0.2, 0.25) is 0 Å². The smallest absolute Gasteiger partial charge is 0.276 e. The predicted octanol–water partition coefficient (Wildman–Crippen LogP) is 3.69. The van der Waals surface area contributed by atoms with E-state index in [-0.39, 0.29) is 11.6 Å². The maximum Gasteiger partial charge on any atom is 0.276 e. The van der Waals surface area contributed by atoms with Gasteiger partial charge in [0.15, 0.2) is 0 Å². The zero-order valence-electron chi connectivity index (χ0n) is 11.5. The van der Waals surface area contributed by atoms with Crippen LogP contribution in [0.25, 0.3) is 6.08 Å². The van der Waals surface area contributed by atoms with Crippen LogP contribution in [0.5, 0.6) is 0 Å². The van der Waals surface area contributed by atoms with Gasteiger partial charge in [-0.05, 0) is 29.8 Å². The highest BCUT2D eigenvalue weighted by Gasteiger charge is 2.09. The highest BCUT2D eigenvalue weighted by molar-refractivity contribution is 9.10. The van der Waals surface area contributed by atoms with Crippen molar-refractivity contribution in [2.24, 2.45) is 0 Å². The molecule has 1 N–H and O–H groups in total. The van der Waals surface area contributed by atoms with Gasteiger partial charge in [-0.2, -0.15) is 0 Å². The lowest BCUT2D eigenvalue weighted by Crippen LogP contribution is -2.20. The molecule has 112 valence electrons. The number of benzene rings is 2. The van der Waals surface area contributed by atoms with E-state index in [1.54, 1.807) is 18.2 Å². The summed E-state index contributed by atoms with van der Waals surface area (Å²) in [7, 11) is 0. The SMILES string of the molecule is O=C(/C=C/c1ccccc1[N+](=O)[O-])NCc1ccc(Br)cc1. The van der Waals surface area contributed by atoms with Gasteiger partial charge in [-0.25, -0.2) is 0 Å². The lowest BCUT2D eigenvalue weighted by molar-refractivity contribution is -0.385. The molecule has 0 heterocycles. The molecule has 2 aromatic carbocycles. The standard InChI is InChI=1S/C16H13BrN2O3/c17-14-8-5-12(6-9-14)11-18-16(20)10-7-13-3-1-2-4-15(13)19(21)22/h1-10H,11H2,(H,18,20)/b10-7+. The molecule has 22 heavy (non-hydrogen) atoms. The van der Waals surface area contributed by atoms with E-state index in [0.717, 1.165) is 10.0 Å². The molecular formula is C16H13BrN2O3. The van der Waals surface area contributed by atoms with E-state index in [1.165, 1.54) is 18.2 Å². The molecule has 2 aromatic rings. The lowest BCUT2D eigenvalue weighted by atomic mass is 10.1. The minimum atomic E-state index is -0.473. The number of nitro benzene ring substituents is 1. The number of hydrogen-bond acceptors (Lipinski definition) is 3. The first kappa shape index (κ1) is 15.9. The number of rotatable bonds is 5. The van der Waals surface area contributed by atoms with Crippen LogP contribution in [0.1, 0.15) is 11.1 Å². The van der Waals surface area contributed by atoms with Crippen molar-refractivity contribution in [3.63, 3.8) is 0 Å². The summed E-state index contributed by atoms with van der Waals surface area (Å²) >= 11 is 3.34. The van der Waals surface area contributed by atoms with Crippen LogP contribution in [0.4, 0.5) is 5.69 Å². The van der Waals surface area contributed by atoms with E-state index in [1.807, 2.05) is 24.3 Å². The number of para-hydroxylation sites is 1. The molecule has 0 spiro atoms. The fourth-order valence-electron chi connectivity index (χ4n) is 1.81. The summed E-state index contributed by atoms with van der Waals surface area (Å²) in [5.41, 5.74) is 1.33. The van der Waals surface area contributed by atoms with Crippen molar-refractivity contribution < 1.29 is 9.72 Å². The van der Waals surface area contributed by atoms with Gasteiger partial charge in [-0.3, -0.25) is 14.9 Å². The van der Waals surface area contributed by atoms with Gasteiger partial charge in [0, 0.05) is 23.2 Å². The molecule has 0 fully saturated rings. The van der Waals surface area contributed by atoms with Gasteiger partial charge in [-0.1, -0.05) is 40.2 Å². The Labute approximate surface area is 135 Å². The second kappa shape index (κ2) is 7.51. The lowest BCUT2D eigenvalue weighted by Gasteiger charge is -2.02. The first-order valence-corrected chi connectivity index (χ1v) is 7.29. The third kappa shape index (κ3) is 4.53. The molecule has 0 aliphatic heterocycles. The number of nitrogens with one attached hydrogen (secondary N) is 1. The van der Waals surface area contributed by atoms with Crippen molar-refractivity contribution in [2.45, 2.75) is 6.54 Å². The molecule has 5 nitrogen and oxygen atoms in total. The number of nitrogens with zero attached hydrogens (tertiary/aromatic N) is 1. The van der Waals surface area contributed by atoms with Crippen molar-refractivity contribution in [1.29, 1.82) is 0 Å². The Kier molecular flexibility index (Phi) is 5.43. The second-order valence-corrected chi connectivity index (χ2v) is 5.41. The van der Waals surface area contributed by atoms with Gasteiger partial charge in [0.2, 0.25) is 5.91 Å². The second-order valence-electron chi connectivity index (χ2n) is 4.49. The van der Waals surface area contributed by atoms with E-state index < -0.39 is 4.92 Å². The molecule has 0 radical (unpaired) electrons. The van der Waals surface area contributed by atoms with E-state index >= 15 is 0 Å². The zero-order chi connectivity index (χ0) is 15.9. The Bertz CT molecular complexity index is 712. The van der Waals surface area contributed by atoms with Gasteiger partial charge < -0.3 is 5.32 Å². The first-order valence-electron chi connectivity index (χ1n) is 6.50. The fourth-order valence-corrected chi connectivity index (χ4v) is 2.07. The number of hydrogen-bond donors (Lipinski definition) is 1. The van der Waals surface area contributed by atoms with Gasteiger partial charge in [-0.15, -0.1) is 0 Å². The molecule has 0 aliphatic rings. The van der Waals surface area contributed by atoms with Crippen molar-refractivity contribution in [1.82, 2.24) is 5.32 Å². The van der Waals surface area contributed by atoms with Gasteiger partial charge >= 0.3 is 0 Å². The largest absolute Gasteiger partial charge is 0.348 e. The van der Waals surface area contributed by atoms with Gasteiger partial charge in [0.25, 0.3) is 5.69 Å². The number of halogens is 1. The predicted molar refractivity (Wildman–Crippen MR) is 88.1 cm³/mol. The van der Waals surface area contributed by atoms with Crippen LogP contribution in [0.3, 0.4) is 0 Å². The van der Waals surface area contributed by atoms with Gasteiger partial charge in [0.05, 0.1) is 10.5 Å². The highest BCUT2D eigenvalue weighted by Crippen LogP contribution is 2.18. The highest BCUT2D eigenvalue weighted by atomic mass is 79.9. The number of amides is 1. The molecule has 0 saturated heterocycles. The summed E-state index contributed by atoms with van der Waals surface area (Å²) in [4.78, 5) is 22.2. The molecule has 1 amide bonds. The molecule has 2 rings (SSSR count). The van der Waals surface area contributed by atoms with Crippen molar-refractivity contribution >= 4 is 33.6 Å². The van der Waals surface area contributed by atoms with E-state index in [4.69, 9.17) is 0 Å². The summed E-state index contributed by atoms with van der Waals surface area (Å²) in [5, 5.41) is 13.6. The summed E-state index contributed by atoms with van der Waals surface area (Å²) in [6.45, 7) is 0.396. The van der Waals surface area contributed by atoms with Crippen LogP contribution >= 0.6 is 15.9 Å². The third-order valence-electron chi connectivity index (χ3n) is 2.93. The van der Waals surface area contributed by atoms with Crippen LogP contribution in [0.15, 0.2) is 59.1 Å². The summed E-state index contributed by atoms with van der Waals surface area (Å²) < 4.78 is 0.971. The Balaban J connectivity index is 1.97. The summed E-state index contributed by atoms with van der Waals surface area (Å²) in [6, 6.07) is 13.9. The third-order valence-corrected chi connectivity index (χ3v) is 3.46. The van der Waals surface area contributed by atoms with Crippen LogP contribution in [-0.4, -0.2) is 10.8 Å². The van der Waals surface area contributed by atoms with Gasteiger partial charge in [0.1, 0.15) is 0 Å². The Morgan fingerprint density at radius 2 is 1.86 bits per heavy atom. The Hall–Kier alpha value is -2.47. The molecular weight excluding hydrogens is 348 g/mol. The Morgan fingerprint density at radius 1 is 1.18 bits per heavy atom. The minimum Gasteiger partial charge on any atom is -0.348 e. The fraction of sp³-hybridized carbons (Fsp3) is 0.0625. The molecule has 0 atom stereocenters. The number of carbonyl (C=O) groups excluding carboxylic acids is 1.